The molecule has 84 valence electrons. The molecule has 4 nitrogen and oxygen atoms in total. The van der Waals surface area contributed by atoms with Gasteiger partial charge in [0.05, 0.1) is 12.2 Å². The summed E-state index contributed by atoms with van der Waals surface area (Å²) in [6, 6.07) is 0. The average molecular weight is 212 g/mol. The molecular formula is C11H16O4. The lowest BCUT2D eigenvalue weighted by atomic mass is 10.1. The van der Waals surface area contributed by atoms with Crippen LogP contribution in [0, 0.1) is 0 Å². The van der Waals surface area contributed by atoms with Crippen LogP contribution in [-0.4, -0.2) is 23.7 Å². The lowest BCUT2D eigenvalue weighted by molar-refractivity contribution is -0.138. The van der Waals surface area contributed by atoms with E-state index in [1.54, 1.807) is 6.92 Å². The van der Waals surface area contributed by atoms with E-state index in [0.29, 0.717) is 12.8 Å². The number of hydrogen-bond acceptors (Lipinski definition) is 3. The molecule has 0 saturated carbocycles. The largest absolute Gasteiger partial charge is 0.478 e. The second-order valence-electron chi connectivity index (χ2n) is 2.97. The van der Waals surface area contributed by atoms with Crippen molar-refractivity contribution in [3.05, 3.63) is 23.8 Å². The lowest BCUT2D eigenvalue weighted by Crippen LogP contribution is -2.08. The quantitative estimate of drug-likeness (QED) is 0.415. The molecule has 1 N–H and O–H groups in total. The van der Waals surface area contributed by atoms with Crippen molar-refractivity contribution in [2.24, 2.45) is 0 Å². The summed E-state index contributed by atoms with van der Waals surface area (Å²) in [6.07, 6.45) is 2.38. The predicted molar refractivity (Wildman–Crippen MR) is 56.4 cm³/mol. The number of ether oxygens (including phenoxy) is 1. The van der Waals surface area contributed by atoms with E-state index in [1.807, 2.05) is 6.92 Å². The highest BCUT2D eigenvalue weighted by Crippen LogP contribution is 2.09. The zero-order valence-corrected chi connectivity index (χ0v) is 9.08. The molecule has 0 aromatic rings. The third-order valence-electron chi connectivity index (χ3n) is 1.68. The van der Waals surface area contributed by atoms with Gasteiger partial charge in [0.1, 0.15) is 0 Å². The summed E-state index contributed by atoms with van der Waals surface area (Å²) >= 11 is 0. The van der Waals surface area contributed by atoms with Crippen molar-refractivity contribution in [3.8, 4) is 0 Å². The summed E-state index contributed by atoms with van der Waals surface area (Å²) in [5.41, 5.74) is 0.248. The SMILES string of the molecule is C=C(C=C(CCC)C(=O)O)C(=O)OCC. The van der Waals surface area contributed by atoms with Crippen molar-refractivity contribution in [2.75, 3.05) is 6.61 Å². The van der Waals surface area contributed by atoms with E-state index >= 15 is 0 Å². The molecule has 0 saturated heterocycles. The minimum Gasteiger partial charge on any atom is -0.478 e. The van der Waals surface area contributed by atoms with Gasteiger partial charge in [-0.2, -0.15) is 0 Å². The Balaban J connectivity index is 4.60. The second kappa shape index (κ2) is 6.81. The fourth-order valence-corrected chi connectivity index (χ4v) is 1.00. The first-order valence-corrected chi connectivity index (χ1v) is 4.82. The van der Waals surface area contributed by atoms with Gasteiger partial charge < -0.3 is 9.84 Å². The van der Waals surface area contributed by atoms with Gasteiger partial charge in [0.15, 0.2) is 0 Å². The zero-order chi connectivity index (χ0) is 11.8. The number of carbonyl (C=O) groups excluding carboxylic acids is 1. The monoisotopic (exact) mass is 212 g/mol. The molecule has 0 rings (SSSR count). The van der Waals surface area contributed by atoms with Crippen LogP contribution in [0.3, 0.4) is 0 Å². The second-order valence-corrected chi connectivity index (χ2v) is 2.97. The summed E-state index contributed by atoms with van der Waals surface area (Å²) in [5, 5.41) is 8.80. The van der Waals surface area contributed by atoms with E-state index in [4.69, 9.17) is 5.11 Å². The van der Waals surface area contributed by atoms with Gasteiger partial charge in [0.25, 0.3) is 0 Å². The molecule has 0 aromatic heterocycles. The maximum Gasteiger partial charge on any atom is 0.337 e. The summed E-state index contributed by atoms with van der Waals surface area (Å²) in [4.78, 5) is 21.9. The van der Waals surface area contributed by atoms with Crippen LogP contribution in [0.1, 0.15) is 26.7 Å². The zero-order valence-electron chi connectivity index (χ0n) is 9.08. The first kappa shape index (κ1) is 13.4. The third-order valence-corrected chi connectivity index (χ3v) is 1.68. The van der Waals surface area contributed by atoms with Gasteiger partial charge in [-0.15, -0.1) is 0 Å². The molecule has 0 fully saturated rings. The first-order chi connectivity index (χ1) is 7.02. The molecular weight excluding hydrogens is 196 g/mol. The number of esters is 1. The van der Waals surface area contributed by atoms with Gasteiger partial charge in [-0.1, -0.05) is 19.9 Å². The molecule has 0 aromatic carbocycles. The first-order valence-electron chi connectivity index (χ1n) is 4.82. The van der Waals surface area contributed by atoms with Crippen molar-refractivity contribution in [3.63, 3.8) is 0 Å². The average Bonchev–Trinajstić information content (AvgIpc) is 2.17. The molecule has 0 amide bonds. The highest BCUT2D eigenvalue weighted by Gasteiger charge is 2.10. The normalized spacial score (nSPS) is 10.9. The Morgan fingerprint density at radius 2 is 2.00 bits per heavy atom. The Hall–Kier alpha value is -1.58. The Bertz CT molecular complexity index is 289. The summed E-state index contributed by atoms with van der Waals surface area (Å²) in [6.45, 7) is 7.26. The van der Waals surface area contributed by atoms with Crippen LogP contribution in [0.25, 0.3) is 0 Å². The molecule has 15 heavy (non-hydrogen) atoms. The van der Waals surface area contributed by atoms with E-state index in [1.165, 1.54) is 6.08 Å². The fraction of sp³-hybridized carbons (Fsp3) is 0.455. The van der Waals surface area contributed by atoms with Crippen molar-refractivity contribution in [2.45, 2.75) is 26.7 Å². The Morgan fingerprint density at radius 3 is 2.40 bits per heavy atom. The van der Waals surface area contributed by atoms with E-state index in [9.17, 15) is 9.59 Å². The van der Waals surface area contributed by atoms with E-state index in [0.717, 1.165) is 0 Å². The summed E-state index contributed by atoms with van der Waals surface area (Å²) in [7, 11) is 0. The molecule has 0 radical (unpaired) electrons. The number of carboxylic acid groups (broad SMARTS) is 1. The van der Waals surface area contributed by atoms with Gasteiger partial charge in [0, 0.05) is 5.57 Å². The predicted octanol–water partition coefficient (Wildman–Crippen LogP) is 1.92. The van der Waals surface area contributed by atoms with Crippen molar-refractivity contribution < 1.29 is 19.4 Å². The minimum absolute atomic E-state index is 0.0719. The van der Waals surface area contributed by atoms with Gasteiger partial charge >= 0.3 is 11.9 Å². The molecule has 0 spiro atoms. The molecule has 0 aliphatic rings. The number of carbonyl (C=O) groups is 2. The van der Waals surface area contributed by atoms with Crippen molar-refractivity contribution >= 4 is 11.9 Å². The maximum atomic E-state index is 11.1. The van der Waals surface area contributed by atoms with Gasteiger partial charge in [0.2, 0.25) is 0 Å². The number of carboxylic acids is 1. The number of rotatable bonds is 6. The standard InChI is InChI=1S/C11H16O4/c1-4-6-9(10(12)13)7-8(3)11(14)15-5-2/h7H,3-6H2,1-2H3,(H,12,13). The molecule has 0 atom stereocenters. The van der Waals surface area contributed by atoms with E-state index < -0.39 is 11.9 Å². The van der Waals surface area contributed by atoms with Crippen molar-refractivity contribution in [1.82, 2.24) is 0 Å². The van der Waals surface area contributed by atoms with E-state index in [-0.39, 0.29) is 17.8 Å². The highest BCUT2D eigenvalue weighted by atomic mass is 16.5. The van der Waals surface area contributed by atoms with Crippen LogP contribution in [-0.2, 0) is 14.3 Å². The summed E-state index contributed by atoms with van der Waals surface area (Å²) in [5.74, 6) is -1.60. The lowest BCUT2D eigenvalue weighted by Gasteiger charge is -2.03. The Morgan fingerprint density at radius 1 is 1.40 bits per heavy atom. The van der Waals surface area contributed by atoms with Crippen LogP contribution in [0.15, 0.2) is 23.8 Å². The highest BCUT2D eigenvalue weighted by molar-refractivity contribution is 5.95. The van der Waals surface area contributed by atoms with Crippen LogP contribution in [0.4, 0.5) is 0 Å². The van der Waals surface area contributed by atoms with E-state index in [2.05, 4.69) is 11.3 Å². The maximum absolute atomic E-state index is 11.1. The minimum atomic E-state index is -1.03. The molecule has 4 heteroatoms. The number of aliphatic carboxylic acids is 1. The molecule has 0 bridgehead atoms. The van der Waals surface area contributed by atoms with Gasteiger partial charge in [-0.3, -0.25) is 0 Å². The molecule has 0 aliphatic heterocycles. The van der Waals surface area contributed by atoms with Crippen LogP contribution >= 0.6 is 0 Å². The topological polar surface area (TPSA) is 63.6 Å². The molecule has 0 aliphatic carbocycles. The molecule has 0 heterocycles. The van der Waals surface area contributed by atoms with Crippen LogP contribution in [0.5, 0.6) is 0 Å². The van der Waals surface area contributed by atoms with Crippen LogP contribution < -0.4 is 0 Å². The Kier molecular flexibility index (Phi) is 6.09. The van der Waals surface area contributed by atoms with Gasteiger partial charge in [-0.05, 0) is 19.4 Å². The van der Waals surface area contributed by atoms with Crippen molar-refractivity contribution in [1.29, 1.82) is 0 Å². The Labute approximate surface area is 89.2 Å². The third kappa shape index (κ3) is 5.00. The van der Waals surface area contributed by atoms with Gasteiger partial charge in [-0.25, -0.2) is 9.59 Å². The molecule has 0 unspecified atom stereocenters. The van der Waals surface area contributed by atoms with Crippen LogP contribution in [0.2, 0.25) is 0 Å². The summed E-state index contributed by atoms with van der Waals surface area (Å²) < 4.78 is 4.69. The fourth-order valence-electron chi connectivity index (χ4n) is 1.00. The number of hydrogen-bond donors (Lipinski definition) is 1. The smallest absolute Gasteiger partial charge is 0.337 e.